The number of aromatic nitrogens is 1. The van der Waals surface area contributed by atoms with Crippen LogP contribution in [-0.2, 0) is 9.59 Å². The molecule has 3 aromatic rings. The van der Waals surface area contributed by atoms with Crippen molar-refractivity contribution in [3.8, 4) is 5.88 Å². The van der Waals surface area contributed by atoms with Gasteiger partial charge in [0.15, 0.2) is 0 Å². The molecular formula is C26H27N3O3. The van der Waals surface area contributed by atoms with Crippen molar-refractivity contribution in [2.75, 3.05) is 24.5 Å². The first kappa shape index (κ1) is 20.5. The van der Waals surface area contributed by atoms with Crippen molar-refractivity contribution in [1.82, 2.24) is 9.88 Å². The van der Waals surface area contributed by atoms with Crippen molar-refractivity contribution in [3.63, 3.8) is 0 Å². The molecule has 32 heavy (non-hydrogen) atoms. The Morgan fingerprint density at radius 1 is 1.03 bits per heavy atom. The van der Waals surface area contributed by atoms with Gasteiger partial charge in [-0.15, -0.1) is 0 Å². The second-order valence-corrected chi connectivity index (χ2v) is 8.83. The number of carbonyl (C=O) groups excluding carboxylic acids is 2. The number of hydrogen-bond donors (Lipinski definition) is 0. The summed E-state index contributed by atoms with van der Waals surface area (Å²) in [6.07, 6.45) is 0.947. The molecule has 2 atom stereocenters. The van der Waals surface area contributed by atoms with E-state index in [4.69, 9.17) is 4.74 Å². The molecule has 0 spiro atoms. The van der Waals surface area contributed by atoms with E-state index in [1.54, 1.807) is 4.90 Å². The van der Waals surface area contributed by atoms with Gasteiger partial charge in [-0.1, -0.05) is 24.3 Å². The molecule has 2 aliphatic rings. The largest absolute Gasteiger partial charge is 0.472 e. The highest BCUT2D eigenvalue weighted by Gasteiger charge is 2.39. The van der Waals surface area contributed by atoms with Gasteiger partial charge in [-0.2, -0.15) is 0 Å². The smallest absolute Gasteiger partial charge is 0.228 e. The molecule has 0 N–H and O–H groups in total. The Bertz CT molecular complexity index is 1190. The fourth-order valence-corrected chi connectivity index (χ4v) is 4.58. The molecule has 1 aromatic heterocycles. The SMILES string of the molecule is Cc1ccc(N2CC(C(=O)N3CCC(Oc4ccc5ccccc5n4)C3)CC2=O)cc1C. The van der Waals surface area contributed by atoms with E-state index in [-0.39, 0.29) is 30.3 Å². The number of hydrogen-bond acceptors (Lipinski definition) is 4. The van der Waals surface area contributed by atoms with Gasteiger partial charge in [0.1, 0.15) is 6.10 Å². The van der Waals surface area contributed by atoms with Gasteiger partial charge in [-0.3, -0.25) is 9.59 Å². The number of para-hydroxylation sites is 1. The van der Waals surface area contributed by atoms with Gasteiger partial charge in [0.05, 0.1) is 18.0 Å². The molecule has 6 heteroatoms. The summed E-state index contributed by atoms with van der Waals surface area (Å²) in [5.41, 5.74) is 4.11. The van der Waals surface area contributed by atoms with Crippen molar-refractivity contribution in [2.24, 2.45) is 5.92 Å². The normalized spacial score (nSPS) is 20.9. The molecule has 2 aromatic carbocycles. The minimum Gasteiger partial charge on any atom is -0.472 e. The number of amides is 2. The zero-order valence-corrected chi connectivity index (χ0v) is 18.5. The lowest BCUT2D eigenvalue weighted by Gasteiger charge is -2.21. The van der Waals surface area contributed by atoms with Gasteiger partial charge in [-0.05, 0) is 49.2 Å². The number of carbonyl (C=O) groups is 2. The van der Waals surface area contributed by atoms with Crippen LogP contribution in [-0.4, -0.2) is 47.4 Å². The average Bonchev–Trinajstić information content (AvgIpc) is 3.42. The molecule has 2 fully saturated rings. The third kappa shape index (κ3) is 3.93. The Morgan fingerprint density at radius 2 is 1.88 bits per heavy atom. The van der Waals surface area contributed by atoms with Crippen LogP contribution in [0.3, 0.4) is 0 Å². The second kappa shape index (κ2) is 8.26. The number of pyridine rings is 1. The number of likely N-dealkylation sites (tertiary alicyclic amines) is 1. The molecule has 0 radical (unpaired) electrons. The topological polar surface area (TPSA) is 62.7 Å². The Morgan fingerprint density at radius 3 is 2.72 bits per heavy atom. The molecule has 2 amide bonds. The van der Waals surface area contributed by atoms with Gasteiger partial charge < -0.3 is 14.5 Å². The highest BCUT2D eigenvalue weighted by Crippen LogP contribution is 2.29. The third-order valence-electron chi connectivity index (χ3n) is 6.59. The molecule has 2 aliphatic heterocycles. The van der Waals surface area contributed by atoms with E-state index in [0.717, 1.165) is 28.6 Å². The average molecular weight is 430 g/mol. The molecular weight excluding hydrogens is 402 g/mol. The van der Waals surface area contributed by atoms with Crippen LogP contribution < -0.4 is 9.64 Å². The van der Waals surface area contributed by atoms with E-state index < -0.39 is 0 Å². The van der Waals surface area contributed by atoms with Crippen molar-refractivity contribution in [1.29, 1.82) is 0 Å². The lowest BCUT2D eigenvalue weighted by Crippen LogP contribution is -2.37. The van der Waals surface area contributed by atoms with Crippen molar-refractivity contribution < 1.29 is 14.3 Å². The lowest BCUT2D eigenvalue weighted by atomic mass is 10.1. The Hall–Kier alpha value is -3.41. The standard InChI is InChI=1S/C26H27N3O3/c1-17-7-9-21(13-18(17)2)29-15-20(14-25(29)30)26(31)28-12-11-22(16-28)32-24-10-8-19-5-3-4-6-23(19)27-24/h3-10,13,20,22H,11-12,14-16H2,1-2H3. The first-order chi connectivity index (χ1) is 15.5. The molecule has 0 saturated carbocycles. The molecule has 164 valence electrons. The summed E-state index contributed by atoms with van der Waals surface area (Å²) in [7, 11) is 0. The number of aryl methyl sites for hydroxylation is 2. The molecule has 2 unspecified atom stereocenters. The van der Waals surface area contributed by atoms with Crippen molar-refractivity contribution in [2.45, 2.75) is 32.8 Å². The number of fused-ring (bicyclic) bond motifs is 1. The van der Waals surface area contributed by atoms with E-state index in [1.807, 2.05) is 66.4 Å². The van der Waals surface area contributed by atoms with E-state index in [0.29, 0.717) is 25.5 Å². The van der Waals surface area contributed by atoms with Crippen LogP contribution in [0.1, 0.15) is 24.0 Å². The van der Waals surface area contributed by atoms with Crippen LogP contribution in [0.25, 0.3) is 10.9 Å². The van der Waals surface area contributed by atoms with Gasteiger partial charge in [0.2, 0.25) is 17.7 Å². The number of rotatable bonds is 4. The van der Waals surface area contributed by atoms with E-state index in [9.17, 15) is 9.59 Å². The van der Waals surface area contributed by atoms with Crippen molar-refractivity contribution >= 4 is 28.4 Å². The van der Waals surface area contributed by atoms with Crippen LogP contribution >= 0.6 is 0 Å². The summed E-state index contributed by atoms with van der Waals surface area (Å²) in [5, 5.41) is 1.07. The summed E-state index contributed by atoms with van der Waals surface area (Å²) in [6, 6.07) is 17.8. The summed E-state index contributed by atoms with van der Waals surface area (Å²) in [6.45, 7) is 5.70. The highest BCUT2D eigenvalue weighted by atomic mass is 16.5. The molecule has 6 nitrogen and oxygen atoms in total. The monoisotopic (exact) mass is 429 g/mol. The van der Waals surface area contributed by atoms with Gasteiger partial charge >= 0.3 is 0 Å². The maximum absolute atomic E-state index is 13.1. The lowest BCUT2D eigenvalue weighted by molar-refractivity contribution is -0.135. The first-order valence-corrected chi connectivity index (χ1v) is 11.2. The minimum absolute atomic E-state index is 0.0129. The first-order valence-electron chi connectivity index (χ1n) is 11.2. The third-order valence-corrected chi connectivity index (χ3v) is 6.59. The molecule has 5 rings (SSSR count). The Balaban J connectivity index is 1.21. The summed E-state index contributed by atoms with van der Waals surface area (Å²) in [4.78, 5) is 33.9. The van der Waals surface area contributed by atoms with Gasteiger partial charge in [0.25, 0.3) is 0 Å². The molecule has 3 heterocycles. The van der Waals surface area contributed by atoms with Crippen LogP contribution in [0.4, 0.5) is 5.69 Å². The predicted octanol–water partition coefficient (Wildman–Crippen LogP) is 3.88. The van der Waals surface area contributed by atoms with Crippen LogP contribution in [0, 0.1) is 19.8 Å². The van der Waals surface area contributed by atoms with E-state index in [2.05, 4.69) is 11.9 Å². The van der Waals surface area contributed by atoms with Crippen LogP contribution in [0.5, 0.6) is 5.88 Å². The van der Waals surface area contributed by atoms with Crippen LogP contribution in [0.2, 0.25) is 0 Å². The zero-order chi connectivity index (χ0) is 22.2. The fraction of sp³-hybridized carbons (Fsp3) is 0.346. The molecule has 0 bridgehead atoms. The number of ether oxygens (including phenoxy) is 1. The minimum atomic E-state index is -0.304. The quantitative estimate of drug-likeness (QED) is 0.631. The number of benzene rings is 2. The fourth-order valence-electron chi connectivity index (χ4n) is 4.58. The van der Waals surface area contributed by atoms with E-state index >= 15 is 0 Å². The summed E-state index contributed by atoms with van der Waals surface area (Å²) < 4.78 is 6.08. The Kier molecular flexibility index (Phi) is 5.29. The predicted molar refractivity (Wildman–Crippen MR) is 124 cm³/mol. The van der Waals surface area contributed by atoms with Crippen molar-refractivity contribution in [3.05, 3.63) is 65.7 Å². The second-order valence-electron chi connectivity index (χ2n) is 8.83. The highest BCUT2D eigenvalue weighted by molar-refractivity contribution is 6.00. The maximum Gasteiger partial charge on any atom is 0.228 e. The number of nitrogens with zero attached hydrogens (tertiary/aromatic N) is 3. The summed E-state index contributed by atoms with van der Waals surface area (Å²) in [5.74, 6) is 0.336. The zero-order valence-electron chi connectivity index (χ0n) is 18.5. The summed E-state index contributed by atoms with van der Waals surface area (Å²) >= 11 is 0. The van der Waals surface area contributed by atoms with E-state index in [1.165, 1.54) is 5.56 Å². The van der Waals surface area contributed by atoms with Gasteiger partial charge in [0, 0.05) is 43.1 Å². The maximum atomic E-state index is 13.1. The number of anilines is 1. The molecule has 2 saturated heterocycles. The molecule has 0 aliphatic carbocycles. The Labute approximate surface area is 187 Å². The van der Waals surface area contributed by atoms with Crippen LogP contribution in [0.15, 0.2) is 54.6 Å². The van der Waals surface area contributed by atoms with Gasteiger partial charge in [-0.25, -0.2) is 4.98 Å².